The van der Waals surface area contributed by atoms with Crippen molar-refractivity contribution in [3.05, 3.63) is 93.0 Å². The average Bonchev–Trinajstić information content (AvgIpc) is 2.79. The van der Waals surface area contributed by atoms with E-state index in [4.69, 9.17) is 32.7 Å². The molecule has 0 heterocycles. The zero-order valence-electron chi connectivity index (χ0n) is 18.2. The molecule has 0 bridgehead atoms. The predicted molar refractivity (Wildman–Crippen MR) is 132 cm³/mol. The maximum absolute atomic E-state index is 12.6. The van der Waals surface area contributed by atoms with Gasteiger partial charge in [-0.25, -0.2) is 0 Å². The summed E-state index contributed by atoms with van der Waals surface area (Å²) in [5.74, 6) is 0.285. The van der Waals surface area contributed by atoms with Crippen LogP contribution in [0.1, 0.15) is 23.6 Å². The third-order valence-electron chi connectivity index (χ3n) is 4.61. The minimum Gasteiger partial charge on any atom is -0.490 e. The van der Waals surface area contributed by atoms with E-state index in [0.29, 0.717) is 46.0 Å². The highest BCUT2D eigenvalue weighted by Crippen LogP contribution is 2.38. The first kappa shape index (κ1) is 24.2. The monoisotopic (exact) mass is 480 g/mol. The smallest absolute Gasteiger partial charge is 0.266 e. The summed E-state index contributed by atoms with van der Waals surface area (Å²) >= 11 is 12.3. The Morgan fingerprint density at radius 1 is 1.06 bits per heavy atom. The van der Waals surface area contributed by atoms with Gasteiger partial charge in [0.1, 0.15) is 18.2 Å². The molecule has 0 atom stereocenters. The third kappa shape index (κ3) is 6.76. The highest BCUT2D eigenvalue weighted by molar-refractivity contribution is 6.32. The SMILES string of the molecule is CCOc1cc(/C=C(\C#N)C(=O)Nc2ccc(Cl)cc2)cc(Cl)c1OCc1ccc(C)cc1. The number of aryl methyl sites for hydroxylation is 1. The van der Waals surface area contributed by atoms with E-state index >= 15 is 0 Å². The third-order valence-corrected chi connectivity index (χ3v) is 5.15. The molecule has 0 aliphatic rings. The Morgan fingerprint density at radius 2 is 1.76 bits per heavy atom. The van der Waals surface area contributed by atoms with Crippen LogP contribution >= 0.6 is 23.2 Å². The van der Waals surface area contributed by atoms with Gasteiger partial charge >= 0.3 is 0 Å². The lowest BCUT2D eigenvalue weighted by atomic mass is 10.1. The first-order chi connectivity index (χ1) is 15.9. The minimum absolute atomic E-state index is 0.0863. The van der Waals surface area contributed by atoms with Crippen LogP contribution in [0.5, 0.6) is 11.5 Å². The van der Waals surface area contributed by atoms with E-state index in [1.165, 1.54) is 6.08 Å². The molecule has 1 amide bonds. The Morgan fingerprint density at radius 3 is 2.39 bits per heavy atom. The number of nitrogens with one attached hydrogen (secondary N) is 1. The molecule has 3 rings (SSSR count). The van der Waals surface area contributed by atoms with Crippen molar-refractivity contribution in [2.45, 2.75) is 20.5 Å². The van der Waals surface area contributed by atoms with Crippen molar-refractivity contribution < 1.29 is 14.3 Å². The molecule has 3 aromatic carbocycles. The van der Waals surface area contributed by atoms with Gasteiger partial charge in [-0.15, -0.1) is 0 Å². The molecule has 0 aliphatic carbocycles. The molecule has 0 saturated carbocycles. The van der Waals surface area contributed by atoms with Crippen LogP contribution in [0.25, 0.3) is 6.08 Å². The van der Waals surface area contributed by atoms with Gasteiger partial charge in [0.25, 0.3) is 5.91 Å². The van der Waals surface area contributed by atoms with Crippen molar-refractivity contribution in [1.82, 2.24) is 0 Å². The standard InChI is InChI=1S/C26H22Cl2N2O3/c1-3-32-24-14-19(12-20(15-29)26(31)30-22-10-8-21(27)9-11-22)13-23(28)25(24)33-16-18-6-4-17(2)5-7-18/h4-14H,3,16H2,1-2H3,(H,30,31)/b20-12+. The fraction of sp³-hybridized carbons (Fsp3) is 0.154. The van der Waals surface area contributed by atoms with E-state index in [0.717, 1.165) is 11.1 Å². The highest BCUT2D eigenvalue weighted by atomic mass is 35.5. The van der Waals surface area contributed by atoms with Gasteiger partial charge in [-0.3, -0.25) is 4.79 Å². The first-order valence-electron chi connectivity index (χ1n) is 10.2. The minimum atomic E-state index is -0.548. The van der Waals surface area contributed by atoms with Crippen LogP contribution in [-0.2, 0) is 11.4 Å². The van der Waals surface area contributed by atoms with E-state index in [1.54, 1.807) is 36.4 Å². The fourth-order valence-corrected chi connectivity index (χ4v) is 3.36. The molecule has 0 aromatic heterocycles. The molecule has 0 spiro atoms. The van der Waals surface area contributed by atoms with E-state index in [-0.39, 0.29) is 5.57 Å². The number of benzene rings is 3. The van der Waals surface area contributed by atoms with Crippen LogP contribution in [0.15, 0.2) is 66.2 Å². The van der Waals surface area contributed by atoms with Gasteiger partial charge in [0.05, 0.1) is 11.6 Å². The molecule has 0 unspecified atom stereocenters. The van der Waals surface area contributed by atoms with Gasteiger partial charge in [-0.05, 0) is 67.4 Å². The molecule has 7 heteroatoms. The molecule has 0 aliphatic heterocycles. The van der Waals surface area contributed by atoms with E-state index in [9.17, 15) is 10.1 Å². The van der Waals surface area contributed by atoms with Gasteiger partial charge in [0.15, 0.2) is 11.5 Å². The fourth-order valence-electron chi connectivity index (χ4n) is 2.96. The second-order valence-electron chi connectivity index (χ2n) is 7.17. The van der Waals surface area contributed by atoms with Gasteiger partial charge in [-0.1, -0.05) is 53.0 Å². The summed E-state index contributed by atoms with van der Waals surface area (Å²) in [6, 6.07) is 19.8. The Labute approximate surface area is 203 Å². The molecular weight excluding hydrogens is 459 g/mol. The van der Waals surface area contributed by atoms with Crippen LogP contribution in [0.3, 0.4) is 0 Å². The average molecular weight is 481 g/mol. The van der Waals surface area contributed by atoms with Crippen LogP contribution in [0.2, 0.25) is 10.0 Å². The van der Waals surface area contributed by atoms with E-state index < -0.39 is 5.91 Å². The van der Waals surface area contributed by atoms with Gasteiger partial charge in [0, 0.05) is 10.7 Å². The topological polar surface area (TPSA) is 71.3 Å². The maximum Gasteiger partial charge on any atom is 0.266 e. The number of hydrogen-bond donors (Lipinski definition) is 1. The number of carbonyl (C=O) groups excluding carboxylic acids is 1. The summed E-state index contributed by atoms with van der Waals surface area (Å²) in [6.45, 7) is 4.58. The van der Waals surface area contributed by atoms with E-state index in [1.807, 2.05) is 44.2 Å². The van der Waals surface area contributed by atoms with Crippen molar-refractivity contribution in [3.63, 3.8) is 0 Å². The number of nitriles is 1. The molecular formula is C26H22Cl2N2O3. The first-order valence-corrected chi connectivity index (χ1v) is 11.0. The Bertz CT molecular complexity index is 1200. The summed E-state index contributed by atoms with van der Waals surface area (Å²) in [7, 11) is 0. The van der Waals surface area contributed by atoms with Crippen molar-refractivity contribution in [1.29, 1.82) is 5.26 Å². The molecule has 0 fully saturated rings. The molecule has 33 heavy (non-hydrogen) atoms. The number of amides is 1. The number of ether oxygens (including phenoxy) is 2. The zero-order chi connectivity index (χ0) is 23.8. The summed E-state index contributed by atoms with van der Waals surface area (Å²) in [5, 5.41) is 13.1. The lowest BCUT2D eigenvalue weighted by Gasteiger charge is -2.15. The number of carbonyl (C=O) groups is 1. The predicted octanol–water partition coefficient (Wildman–Crippen LogP) is 6.83. The number of halogens is 2. The number of anilines is 1. The van der Waals surface area contributed by atoms with Crippen LogP contribution < -0.4 is 14.8 Å². The van der Waals surface area contributed by atoms with Crippen molar-refractivity contribution in [3.8, 4) is 17.6 Å². The summed E-state index contributed by atoms with van der Waals surface area (Å²) < 4.78 is 11.7. The van der Waals surface area contributed by atoms with Gasteiger partial charge < -0.3 is 14.8 Å². The lowest BCUT2D eigenvalue weighted by molar-refractivity contribution is -0.112. The molecule has 0 radical (unpaired) electrons. The largest absolute Gasteiger partial charge is 0.490 e. The van der Waals surface area contributed by atoms with Crippen LogP contribution in [0.4, 0.5) is 5.69 Å². The lowest BCUT2D eigenvalue weighted by Crippen LogP contribution is -2.13. The Hall–Kier alpha value is -3.46. The van der Waals surface area contributed by atoms with Gasteiger partial charge in [-0.2, -0.15) is 5.26 Å². The number of rotatable bonds is 8. The van der Waals surface area contributed by atoms with Crippen molar-refractivity contribution in [2.24, 2.45) is 0 Å². The number of nitrogens with zero attached hydrogens (tertiary/aromatic N) is 1. The summed E-state index contributed by atoms with van der Waals surface area (Å²) in [5.41, 5.74) is 3.13. The Kier molecular flexibility index (Phi) is 8.37. The second kappa shape index (κ2) is 11.4. The molecule has 1 N–H and O–H groups in total. The molecule has 0 saturated heterocycles. The normalized spacial score (nSPS) is 10.9. The molecule has 168 valence electrons. The maximum atomic E-state index is 12.6. The van der Waals surface area contributed by atoms with Gasteiger partial charge in [0.2, 0.25) is 0 Å². The Balaban J connectivity index is 1.83. The second-order valence-corrected chi connectivity index (χ2v) is 8.01. The van der Waals surface area contributed by atoms with E-state index in [2.05, 4.69) is 5.32 Å². The van der Waals surface area contributed by atoms with Crippen molar-refractivity contribution >= 4 is 40.9 Å². The highest BCUT2D eigenvalue weighted by Gasteiger charge is 2.15. The van der Waals surface area contributed by atoms with Crippen LogP contribution in [0, 0.1) is 18.3 Å². The molecule has 3 aromatic rings. The summed E-state index contributed by atoms with van der Waals surface area (Å²) in [4.78, 5) is 12.6. The number of hydrogen-bond acceptors (Lipinski definition) is 4. The van der Waals surface area contributed by atoms with Crippen molar-refractivity contribution in [2.75, 3.05) is 11.9 Å². The quantitative estimate of drug-likeness (QED) is 0.283. The summed E-state index contributed by atoms with van der Waals surface area (Å²) in [6.07, 6.45) is 1.45. The zero-order valence-corrected chi connectivity index (χ0v) is 19.7. The van der Waals surface area contributed by atoms with Crippen LogP contribution in [-0.4, -0.2) is 12.5 Å². The molecule has 5 nitrogen and oxygen atoms in total.